The topological polar surface area (TPSA) is 84.2 Å². The van der Waals surface area contributed by atoms with Crippen molar-refractivity contribution in [2.45, 2.75) is 52.0 Å². The standard InChI is InChI=1S/C32H32N6O/c1-21-12-13-25(20-33-21)36-28-18-30-32(19-29(28)35-23-8-4-3-5-9-23)38(31-11-7-6-10-27(31)37-30)26-16-14-24(15-17-26)34-22(2)39/h6-7,10-20,23,36H,3-5,8-9H2,1-2H3,(H,34,39)/b35-29+. The third kappa shape index (κ3) is 5.39. The molecule has 2 N–H and O–H groups in total. The van der Waals surface area contributed by atoms with E-state index in [1.165, 1.54) is 26.2 Å². The van der Waals surface area contributed by atoms with Crippen molar-refractivity contribution in [1.82, 2.24) is 14.5 Å². The molecule has 196 valence electrons. The molecule has 3 aromatic rings. The zero-order valence-corrected chi connectivity index (χ0v) is 22.3. The average Bonchev–Trinajstić information content (AvgIpc) is 2.94. The van der Waals surface area contributed by atoms with Crippen molar-refractivity contribution in [3.8, 4) is 17.1 Å². The normalized spacial score (nSPS) is 14.6. The Bertz CT molecular complexity index is 1660. The maximum atomic E-state index is 11.6. The first-order valence-electron chi connectivity index (χ1n) is 13.6. The van der Waals surface area contributed by atoms with Gasteiger partial charge in [0.05, 0.1) is 51.4 Å². The first-order chi connectivity index (χ1) is 19.0. The number of aromatic nitrogens is 3. The summed E-state index contributed by atoms with van der Waals surface area (Å²) in [5.41, 5.74) is 8.31. The molecule has 2 aromatic carbocycles. The number of pyridine rings is 1. The van der Waals surface area contributed by atoms with Crippen LogP contribution in [0.15, 0.2) is 84.0 Å². The lowest BCUT2D eigenvalue weighted by Crippen LogP contribution is -2.19. The average molecular weight is 517 g/mol. The van der Waals surface area contributed by atoms with Crippen molar-refractivity contribution >= 4 is 34.0 Å². The Kier molecular flexibility index (Phi) is 6.80. The van der Waals surface area contributed by atoms with E-state index in [-0.39, 0.29) is 5.91 Å². The quantitative estimate of drug-likeness (QED) is 0.253. The molecular formula is C32H32N6O. The Hall–Kier alpha value is -4.52. The molecule has 1 fully saturated rings. The molecule has 0 radical (unpaired) electrons. The fourth-order valence-electron chi connectivity index (χ4n) is 5.33. The molecule has 1 amide bonds. The third-order valence-corrected chi connectivity index (χ3v) is 7.23. The number of anilines is 3. The van der Waals surface area contributed by atoms with E-state index in [2.05, 4.69) is 38.4 Å². The molecule has 7 heteroatoms. The Morgan fingerprint density at radius 2 is 1.72 bits per heavy atom. The second kappa shape index (κ2) is 10.7. The molecular weight excluding hydrogens is 484 g/mol. The SMILES string of the molecule is CC(=O)Nc1ccc(-n2c3c/c(=N\C4CCCCC4)c(Nc4ccc(C)nc4)cc-3nc3ccccc32)cc1. The zero-order chi connectivity index (χ0) is 26.8. The van der Waals surface area contributed by atoms with Crippen LogP contribution >= 0.6 is 0 Å². The summed E-state index contributed by atoms with van der Waals surface area (Å²) in [6.45, 7) is 3.50. The fourth-order valence-corrected chi connectivity index (χ4v) is 5.33. The predicted molar refractivity (Wildman–Crippen MR) is 157 cm³/mol. The highest BCUT2D eigenvalue weighted by atomic mass is 16.1. The zero-order valence-electron chi connectivity index (χ0n) is 22.3. The smallest absolute Gasteiger partial charge is 0.221 e. The second-order valence-corrected chi connectivity index (χ2v) is 10.3. The molecule has 0 bridgehead atoms. The van der Waals surface area contributed by atoms with Gasteiger partial charge in [0, 0.05) is 24.0 Å². The Morgan fingerprint density at radius 1 is 0.949 bits per heavy atom. The van der Waals surface area contributed by atoms with Gasteiger partial charge in [-0.05, 0) is 80.4 Å². The maximum absolute atomic E-state index is 11.6. The molecule has 2 heterocycles. The largest absolute Gasteiger partial charge is 0.352 e. The van der Waals surface area contributed by atoms with Crippen LogP contribution in [0.3, 0.4) is 0 Å². The number of carbonyl (C=O) groups is 1. The summed E-state index contributed by atoms with van der Waals surface area (Å²) >= 11 is 0. The van der Waals surface area contributed by atoms with Crippen LogP contribution < -0.4 is 16.0 Å². The van der Waals surface area contributed by atoms with Crippen molar-refractivity contribution in [2.75, 3.05) is 10.6 Å². The number of benzene rings is 3. The first-order valence-corrected chi connectivity index (χ1v) is 13.6. The summed E-state index contributed by atoms with van der Waals surface area (Å²) in [5.74, 6) is -0.0898. The first kappa shape index (κ1) is 24.8. The highest BCUT2D eigenvalue weighted by Gasteiger charge is 2.18. The van der Waals surface area contributed by atoms with Crippen molar-refractivity contribution < 1.29 is 4.79 Å². The Morgan fingerprint density at radius 3 is 2.46 bits per heavy atom. The van der Waals surface area contributed by atoms with Crippen molar-refractivity contribution in [2.24, 2.45) is 4.99 Å². The molecule has 7 nitrogen and oxygen atoms in total. The van der Waals surface area contributed by atoms with Gasteiger partial charge in [-0.15, -0.1) is 0 Å². The van der Waals surface area contributed by atoms with Crippen LogP contribution in [-0.4, -0.2) is 26.5 Å². The van der Waals surface area contributed by atoms with Crippen molar-refractivity contribution in [3.63, 3.8) is 0 Å². The number of fused-ring (bicyclic) bond motifs is 2. The number of nitrogens with one attached hydrogen (secondary N) is 2. The molecule has 0 spiro atoms. The van der Waals surface area contributed by atoms with Gasteiger partial charge in [-0.1, -0.05) is 31.4 Å². The van der Waals surface area contributed by atoms with Crippen LogP contribution in [0.2, 0.25) is 0 Å². The number of amides is 1. The number of hydrogen-bond acceptors (Lipinski definition) is 5. The molecule has 1 saturated carbocycles. The van der Waals surface area contributed by atoms with E-state index in [9.17, 15) is 4.79 Å². The lowest BCUT2D eigenvalue weighted by Gasteiger charge is -2.22. The van der Waals surface area contributed by atoms with Crippen LogP contribution in [0, 0.1) is 6.92 Å². The number of hydrogen-bond donors (Lipinski definition) is 2. The second-order valence-electron chi connectivity index (χ2n) is 10.3. The Balaban J connectivity index is 1.57. The van der Waals surface area contributed by atoms with E-state index >= 15 is 0 Å². The fraction of sp³-hybridized carbons (Fsp3) is 0.250. The molecule has 0 unspecified atom stereocenters. The van der Waals surface area contributed by atoms with Crippen molar-refractivity contribution in [3.05, 3.63) is 90.0 Å². The number of aryl methyl sites for hydroxylation is 1. The van der Waals surface area contributed by atoms with Gasteiger partial charge in [0.25, 0.3) is 0 Å². The van der Waals surface area contributed by atoms with Gasteiger partial charge >= 0.3 is 0 Å². The lowest BCUT2D eigenvalue weighted by atomic mass is 9.96. The summed E-state index contributed by atoms with van der Waals surface area (Å²) in [4.78, 5) is 26.3. The van der Waals surface area contributed by atoms with E-state index in [1.54, 1.807) is 0 Å². The van der Waals surface area contributed by atoms with Gasteiger partial charge in [0.15, 0.2) is 0 Å². The molecule has 39 heavy (non-hydrogen) atoms. The van der Waals surface area contributed by atoms with Gasteiger partial charge in [0.2, 0.25) is 5.91 Å². The number of nitrogens with zero attached hydrogens (tertiary/aromatic N) is 4. The van der Waals surface area contributed by atoms with Crippen molar-refractivity contribution in [1.29, 1.82) is 0 Å². The predicted octanol–water partition coefficient (Wildman–Crippen LogP) is 6.77. The number of para-hydroxylation sites is 2. The van der Waals surface area contributed by atoms with E-state index in [4.69, 9.17) is 9.98 Å². The van der Waals surface area contributed by atoms with Crippen LogP contribution in [0.4, 0.5) is 17.1 Å². The van der Waals surface area contributed by atoms with Gasteiger partial charge < -0.3 is 15.2 Å². The maximum Gasteiger partial charge on any atom is 0.221 e. The summed E-state index contributed by atoms with van der Waals surface area (Å²) in [7, 11) is 0. The molecule has 6 rings (SSSR count). The molecule has 3 aliphatic rings. The van der Waals surface area contributed by atoms with Gasteiger partial charge in [-0.25, -0.2) is 4.98 Å². The Labute approximate surface area is 228 Å². The van der Waals surface area contributed by atoms with Crippen LogP contribution in [-0.2, 0) is 4.79 Å². The summed E-state index contributed by atoms with van der Waals surface area (Å²) in [6.07, 6.45) is 7.82. The number of carbonyl (C=O) groups excluding carboxylic acids is 1. The minimum absolute atomic E-state index is 0.0898. The molecule has 1 aliphatic heterocycles. The highest BCUT2D eigenvalue weighted by Crippen LogP contribution is 2.31. The lowest BCUT2D eigenvalue weighted by molar-refractivity contribution is -0.114. The van der Waals surface area contributed by atoms with E-state index in [0.29, 0.717) is 6.04 Å². The summed E-state index contributed by atoms with van der Waals surface area (Å²) in [6, 6.07) is 24.7. The summed E-state index contributed by atoms with van der Waals surface area (Å²) in [5, 5.41) is 7.35. The van der Waals surface area contributed by atoms with E-state index < -0.39 is 0 Å². The minimum atomic E-state index is -0.0898. The molecule has 2 aliphatic carbocycles. The van der Waals surface area contributed by atoms with E-state index in [0.717, 1.165) is 69.1 Å². The van der Waals surface area contributed by atoms with Gasteiger partial charge in [-0.2, -0.15) is 0 Å². The molecule has 0 saturated heterocycles. The highest BCUT2D eigenvalue weighted by molar-refractivity contribution is 5.89. The summed E-state index contributed by atoms with van der Waals surface area (Å²) < 4.78 is 2.23. The minimum Gasteiger partial charge on any atom is -0.352 e. The van der Waals surface area contributed by atoms with Crippen LogP contribution in [0.1, 0.15) is 44.7 Å². The third-order valence-electron chi connectivity index (χ3n) is 7.23. The van der Waals surface area contributed by atoms with Gasteiger partial charge in [0.1, 0.15) is 0 Å². The number of rotatable bonds is 5. The monoisotopic (exact) mass is 516 g/mol. The van der Waals surface area contributed by atoms with E-state index in [1.807, 2.05) is 67.7 Å². The van der Waals surface area contributed by atoms with Gasteiger partial charge in [-0.3, -0.25) is 14.8 Å². The molecule has 1 aromatic heterocycles. The van der Waals surface area contributed by atoms with Crippen LogP contribution in [0.5, 0.6) is 0 Å². The molecule has 0 atom stereocenters. The van der Waals surface area contributed by atoms with Crippen LogP contribution in [0.25, 0.3) is 28.1 Å².